The fourth-order valence-corrected chi connectivity index (χ4v) is 1.60. The molecule has 0 aliphatic rings. The van der Waals surface area contributed by atoms with Crippen molar-refractivity contribution in [1.82, 2.24) is 0 Å². The van der Waals surface area contributed by atoms with Crippen molar-refractivity contribution in [2.45, 2.75) is 52.4 Å². The Hall–Kier alpha value is -1.71. The van der Waals surface area contributed by atoms with E-state index in [0.717, 1.165) is 5.56 Å². The lowest BCUT2D eigenvalue weighted by molar-refractivity contribution is 0.137. The fraction of sp³-hybridized carbons (Fsp3) is 0.533. The summed E-state index contributed by atoms with van der Waals surface area (Å²) in [5.41, 5.74) is 2.42. The van der Waals surface area contributed by atoms with E-state index in [2.05, 4.69) is 47.6 Å². The lowest BCUT2D eigenvalue weighted by Gasteiger charge is -2.25. The molecule has 19 heavy (non-hydrogen) atoms. The predicted molar refractivity (Wildman–Crippen MR) is 76.2 cm³/mol. The molecule has 0 saturated carbocycles. The lowest BCUT2D eigenvalue weighted by Crippen LogP contribution is -2.16. The summed E-state index contributed by atoms with van der Waals surface area (Å²) >= 11 is 0. The molecule has 0 unspecified atom stereocenters. The Morgan fingerprint density at radius 3 is 1.68 bits per heavy atom. The van der Waals surface area contributed by atoms with Gasteiger partial charge in [-0.3, -0.25) is 0 Å². The van der Waals surface area contributed by atoms with Gasteiger partial charge < -0.3 is 15.3 Å². The first-order valence-electron chi connectivity index (χ1n) is 6.11. The molecule has 0 amide bonds. The van der Waals surface area contributed by atoms with Gasteiger partial charge in [0, 0.05) is 0 Å². The van der Waals surface area contributed by atoms with E-state index in [-0.39, 0.29) is 10.8 Å². The number of aromatic hydroxyl groups is 1. The van der Waals surface area contributed by atoms with Crippen LogP contribution in [0.25, 0.3) is 0 Å². The van der Waals surface area contributed by atoms with E-state index in [1.807, 2.05) is 6.07 Å². The Kier molecular flexibility index (Phi) is 5.42. The molecule has 0 aliphatic heterocycles. The van der Waals surface area contributed by atoms with Gasteiger partial charge in [-0.05, 0) is 28.0 Å². The van der Waals surface area contributed by atoms with Crippen LogP contribution in [0.15, 0.2) is 18.2 Å². The number of phenols is 1. The van der Waals surface area contributed by atoms with E-state index in [1.54, 1.807) is 6.07 Å². The summed E-state index contributed by atoms with van der Waals surface area (Å²) in [6, 6.07) is 5.93. The van der Waals surface area contributed by atoms with Crippen LogP contribution < -0.4 is 0 Å². The minimum atomic E-state index is -1.83. The van der Waals surface area contributed by atoms with Gasteiger partial charge in [-0.25, -0.2) is 4.79 Å². The van der Waals surface area contributed by atoms with Crippen LogP contribution in [0.2, 0.25) is 0 Å². The van der Waals surface area contributed by atoms with Crippen molar-refractivity contribution >= 4 is 6.16 Å². The van der Waals surface area contributed by atoms with Crippen LogP contribution in [0.4, 0.5) is 4.79 Å². The molecule has 0 fully saturated rings. The molecule has 1 rings (SSSR count). The molecule has 4 nitrogen and oxygen atoms in total. The molecule has 108 valence electrons. The number of carbonyl (C=O) groups is 1. The first-order valence-corrected chi connectivity index (χ1v) is 6.11. The highest BCUT2D eigenvalue weighted by Gasteiger charge is 2.21. The van der Waals surface area contributed by atoms with Gasteiger partial charge in [-0.1, -0.05) is 53.7 Å². The number of hydrogen-bond acceptors (Lipinski definition) is 2. The zero-order valence-corrected chi connectivity index (χ0v) is 12.5. The average Bonchev–Trinajstić information content (AvgIpc) is 2.13. The molecule has 1 aromatic carbocycles. The van der Waals surface area contributed by atoms with Gasteiger partial charge in [0.05, 0.1) is 0 Å². The molecule has 4 heteroatoms. The lowest BCUT2D eigenvalue weighted by atomic mass is 9.80. The summed E-state index contributed by atoms with van der Waals surface area (Å²) in [5.74, 6) is 0.399. The third-order valence-electron chi connectivity index (χ3n) is 2.67. The summed E-state index contributed by atoms with van der Waals surface area (Å²) < 4.78 is 0. The van der Waals surface area contributed by atoms with Gasteiger partial charge in [0.25, 0.3) is 0 Å². The average molecular weight is 268 g/mol. The van der Waals surface area contributed by atoms with E-state index < -0.39 is 6.16 Å². The molecule has 0 atom stereocenters. The monoisotopic (exact) mass is 268 g/mol. The molecule has 3 N–H and O–H groups in total. The van der Waals surface area contributed by atoms with Crippen molar-refractivity contribution in [1.29, 1.82) is 0 Å². The van der Waals surface area contributed by atoms with Crippen molar-refractivity contribution < 1.29 is 20.1 Å². The number of carboxylic acid groups (broad SMARTS) is 2. The van der Waals surface area contributed by atoms with Crippen molar-refractivity contribution in [2.75, 3.05) is 0 Å². The van der Waals surface area contributed by atoms with Gasteiger partial charge >= 0.3 is 6.16 Å². The van der Waals surface area contributed by atoms with Gasteiger partial charge in [-0.2, -0.15) is 0 Å². The molecule has 0 aliphatic carbocycles. The molecule has 0 radical (unpaired) electrons. The maximum atomic E-state index is 9.84. The van der Waals surface area contributed by atoms with Crippen LogP contribution in [-0.4, -0.2) is 21.5 Å². The molecule has 0 aromatic heterocycles. The maximum absolute atomic E-state index is 9.84. The Labute approximate surface area is 114 Å². The van der Waals surface area contributed by atoms with E-state index >= 15 is 0 Å². The largest absolute Gasteiger partial charge is 0.508 e. The highest BCUT2D eigenvalue weighted by atomic mass is 16.6. The zero-order chi connectivity index (χ0) is 15.4. The first-order chi connectivity index (χ1) is 8.35. The molecule has 0 heterocycles. The Morgan fingerprint density at radius 1 is 0.947 bits per heavy atom. The minimum absolute atomic E-state index is 0.00859. The van der Waals surface area contributed by atoms with Crippen LogP contribution in [-0.2, 0) is 10.8 Å². The number of benzene rings is 1. The topological polar surface area (TPSA) is 77.8 Å². The highest BCUT2D eigenvalue weighted by Crippen LogP contribution is 2.34. The second kappa shape index (κ2) is 5.95. The summed E-state index contributed by atoms with van der Waals surface area (Å²) in [7, 11) is 0. The molecular weight excluding hydrogens is 244 g/mol. The predicted octanol–water partition coefficient (Wildman–Crippen LogP) is 4.21. The molecular formula is C15H24O4. The number of rotatable bonds is 0. The Morgan fingerprint density at radius 2 is 1.37 bits per heavy atom. The number of phenolic OH excluding ortho intramolecular Hbond substituents is 1. The maximum Gasteiger partial charge on any atom is 0.503 e. The Balaban J connectivity index is 0.000000711. The summed E-state index contributed by atoms with van der Waals surface area (Å²) in [6.07, 6.45) is -1.83. The quantitative estimate of drug-likeness (QED) is 0.658. The van der Waals surface area contributed by atoms with Crippen LogP contribution >= 0.6 is 0 Å². The SMILES string of the molecule is CC(C)(C)c1ccc(O)c(C(C)(C)C)c1.O=C(O)O. The third kappa shape index (κ3) is 6.13. The minimum Gasteiger partial charge on any atom is -0.508 e. The van der Waals surface area contributed by atoms with Crippen molar-refractivity contribution in [3.63, 3.8) is 0 Å². The summed E-state index contributed by atoms with van der Waals surface area (Å²) in [5, 5.41) is 23.8. The van der Waals surface area contributed by atoms with E-state index in [1.165, 1.54) is 5.56 Å². The van der Waals surface area contributed by atoms with Crippen LogP contribution in [0.1, 0.15) is 52.7 Å². The van der Waals surface area contributed by atoms with Crippen LogP contribution in [0.5, 0.6) is 5.75 Å². The zero-order valence-electron chi connectivity index (χ0n) is 12.5. The fourth-order valence-electron chi connectivity index (χ4n) is 1.60. The first kappa shape index (κ1) is 17.3. The standard InChI is InChI=1S/C14H22O.CH2O3/c1-13(2,3)10-7-8-12(15)11(9-10)14(4,5)6;2-1(3)4/h7-9,15H,1-6H3;(H2,2,3,4). The van der Waals surface area contributed by atoms with Gasteiger partial charge in [0.1, 0.15) is 5.75 Å². The van der Waals surface area contributed by atoms with E-state index in [9.17, 15) is 5.11 Å². The van der Waals surface area contributed by atoms with E-state index in [0.29, 0.717) is 5.75 Å². The second-order valence-electron chi connectivity index (χ2n) is 6.51. The van der Waals surface area contributed by atoms with Crippen LogP contribution in [0.3, 0.4) is 0 Å². The normalized spacial score (nSPS) is 11.5. The van der Waals surface area contributed by atoms with Gasteiger partial charge in [0.2, 0.25) is 0 Å². The van der Waals surface area contributed by atoms with Crippen molar-refractivity contribution in [2.24, 2.45) is 0 Å². The highest BCUT2D eigenvalue weighted by molar-refractivity contribution is 5.53. The molecule has 1 aromatic rings. The molecule has 0 bridgehead atoms. The van der Waals surface area contributed by atoms with Crippen molar-refractivity contribution in [3.8, 4) is 5.75 Å². The summed E-state index contributed by atoms with van der Waals surface area (Å²) in [6.45, 7) is 12.9. The third-order valence-corrected chi connectivity index (χ3v) is 2.67. The van der Waals surface area contributed by atoms with Crippen molar-refractivity contribution in [3.05, 3.63) is 29.3 Å². The molecule has 0 spiro atoms. The molecule has 0 saturated heterocycles. The van der Waals surface area contributed by atoms with Gasteiger partial charge in [-0.15, -0.1) is 0 Å². The smallest absolute Gasteiger partial charge is 0.503 e. The van der Waals surface area contributed by atoms with Gasteiger partial charge in [0.15, 0.2) is 0 Å². The summed E-state index contributed by atoms with van der Waals surface area (Å²) in [4.78, 5) is 8.56. The Bertz CT molecular complexity index is 432. The second-order valence-corrected chi connectivity index (χ2v) is 6.51. The number of hydrogen-bond donors (Lipinski definition) is 3. The van der Waals surface area contributed by atoms with Crippen LogP contribution in [0, 0.1) is 0 Å². The van der Waals surface area contributed by atoms with E-state index in [4.69, 9.17) is 15.0 Å².